The van der Waals surface area contributed by atoms with Crippen molar-refractivity contribution in [1.29, 1.82) is 0 Å². The monoisotopic (exact) mass is 301 g/mol. The molecular weight excluding hydrogens is 278 g/mol. The average molecular weight is 301 g/mol. The molecule has 2 aromatic rings. The predicted octanol–water partition coefficient (Wildman–Crippen LogP) is 3.26. The zero-order chi connectivity index (χ0) is 14.1. The Hall–Kier alpha value is -0.970. The van der Waals surface area contributed by atoms with Crippen molar-refractivity contribution in [3.63, 3.8) is 0 Å². The first-order chi connectivity index (χ1) is 10.4. The van der Waals surface area contributed by atoms with Crippen LogP contribution in [0.15, 0.2) is 24.3 Å². The van der Waals surface area contributed by atoms with Crippen LogP contribution in [0, 0.1) is 5.92 Å². The molecule has 1 saturated carbocycles. The highest BCUT2D eigenvalue weighted by molar-refractivity contribution is 7.18. The molecule has 4 heteroatoms. The van der Waals surface area contributed by atoms with E-state index in [9.17, 15) is 0 Å². The van der Waals surface area contributed by atoms with Crippen molar-refractivity contribution in [3.05, 3.63) is 29.3 Å². The Kier molecular flexibility index (Phi) is 3.93. The number of nitrogens with one attached hydrogen (secondary N) is 1. The lowest BCUT2D eigenvalue weighted by atomic mass is 10.2. The van der Waals surface area contributed by atoms with Crippen LogP contribution in [0.2, 0.25) is 0 Å². The number of hydrogen-bond donors (Lipinski definition) is 1. The Balaban J connectivity index is 1.46. The molecule has 3 nitrogen and oxygen atoms in total. The third-order valence-electron chi connectivity index (χ3n) is 4.55. The number of rotatable bonds is 6. The van der Waals surface area contributed by atoms with Crippen LogP contribution in [-0.2, 0) is 6.54 Å². The molecule has 2 aliphatic rings. The highest BCUT2D eigenvalue weighted by Crippen LogP contribution is 2.31. The van der Waals surface area contributed by atoms with E-state index >= 15 is 0 Å². The summed E-state index contributed by atoms with van der Waals surface area (Å²) in [6.45, 7) is 4.66. The van der Waals surface area contributed by atoms with Crippen LogP contribution < -0.4 is 5.32 Å². The molecule has 2 fully saturated rings. The summed E-state index contributed by atoms with van der Waals surface area (Å²) in [5.41, 5.74) is 1.16. The summed E-state index contributed by atoms with van der Waals surface area (Å²) in [4.78, 5) is 7.45. The summed E-state index contributed by atoms with van der Waals surface area (Å²) >= 11 is 1.86. The molecule has 0 spiro atoms. The minimum absolute atomic E-state index is 0.693. The fourth-order valence-electron chi connectivity index (χ4n) is 3.27. The highest BCUT2D eigenvalue weighted by Gasteiger charge is 2.27. The van der Waals surface area contributed by atoms with E-state index in [0.29, 0.717) is 6.04 Å². The number of fused-ring (bicyclic) bond motifs is 1. The van der Waals surface area contributed by atoms with E-state index in [1.165, 1.54) is 55.0 Å². The fourth-order valence-corrected chi connectivity index (χ4v) is 4.28. The lowest BCUT2D eigenvalue weighted by Crippen LogP contribution is -2.38. The van der Waals surface area contributed by atoms with Crippen LogP contribution in [0.25, 0.3) is 10.2 Å². The number of thiazole rings is 1. The minimum Gasteiger partial charge on any atom is -0.313 e. The maximum Gasteiger partial charge on any atom is 0.108 e. The molecule has 1 aromatic heterocycles. The molecule has 0 bridgehead atoms. The smallest absolute Gasteiger partial charge is 0.108 e. The fraction of sp³-hybridized carbons (Fsp3) is 0.588. The number of benzene rings is 1. The highest BCUT2D eigenvalue weighted by atomic mass is 32.1. The van der Waals surface area contributed by atoms with Crippen molar-refractivity contribution < 1.29 is 0 Å². The molecule has 1 atom stereocenters. The van der Waals surface area contributed by atoms with Gasteiger partial charge in [0.25, 0.3) is 0 Å². The molecule has 0 amide bonds. The third-order valence-corrected chi connectivity index (χ3v) is 5.57. The molecule has 1 aliphatic heterocycles. The van der Waals surface area contributed by atoms with Crippen molar-refractivity contribution in [2.24, 2.45) is 5.92 Å². The Morgan fingerprint density at radius 2 is 2.10 bits per heavy atom. The lowest BCUT2D eigenvalue weighted by Gasteiger charge is -2.24. The minimum atomic E-state index is 0.693. The number of para-hydroxylation sites is 1. The van der Waals surface area contributed by atoms with Crippen molar-refractivity contribution in [3.8, 4) is 0 Å². The molecule has 1 N–H and O–H groups in total. The second-order valence-electron chi connectivity index (χ2n) is 6.51. The van der Waals surface area contributed by atoms with E-state index in [1.807, 2.05) is 11.3 Å². The zero-order valence-corrected chi connectivity index (χ0v) is 13.2. The van der Waals surface area contributed by atoms with Gasteiger partial charge in [0, 0.05) is 19.1 Å². The van der Waals surface area contributed by atoms with E-state index < -0.39 is 0 Å². The van der Waals surface area contributed by atoms with Gasteiger partial charge in [0.15, 0.2) is 0 Å². The molecule has 1 unspecified atom stereocenters. The summed E-state index contributed by atoms with van der Waals surface area (Å²) in [6.07, 6.45) is 5.52. The van der Waals surface area contributed by atoms with Crippen LogP contribution in [0.3, 0.4) is 0 Å². The molecule has 21 heavy (non-hydrogen) atoms. The molecule has 1 aliphatic carbocycles. The van der Waals surface area contributed by atoms with E-state index in [0.717, 1.165) is 18.0 Å². The number of nitrogens with zero attached hydrogens (tertiary/aromatic N) is 2. The second kappa shape index (κ2) is 6.03. The second-order valence-corrected chi connectivity index (χ2v) is 7.62. The molecule has 1 saturated heterocycles. The van der Waals surface area contributed by atoms with E-state index in [-0.39, 0.29) is 0 Å². The van der Waals surface area contributed by atoms with Gasteiger partial charge in [-0.3, -0.25) is 4.90 Å². The maximum atomic E-state index is 4.81. The summed E-state index contributed by atoms with van der Waals surface area (Å²) in [7, 11) is 0. The maximum absolute atomic E-state index is 4.81. The van der Waals surface area contributed by atoms with Crippen LogP contribution in [-0.4, -0.2) is 35.6 Å². The lowest BCUT2D eigenvalue weighted by molar-refractivity contribution is 0.231. The van der Waals surface area contributed by atoms with Crippen molar-refractivity contribution in [2.75, 3.05) is 19.6 Å². The summed E-state index contributed by atoms with van der Waals surface area (Å²) in [6, 6.07) is 9.18. The van der Waals surface area contributed by atoms with Gasteiger partial charge in [-0.05, 0) is 50.3 Å². The SMILES string of the molecule is c1ccc2sc(CN(CC3CC3)CC3CCCN3)nc2c1. The van der Waals surface area contributed by atoms with Crippen LogP contribution >= 0.6 is 11.3 Å². The van der Waals surface area contributed by atoms with Gasteiger partial charge in [-0.15, -0.1) is 11.3 Å². The molecule has 112 valence electrons. The van der Waals surface area contributed by atoms with Gasteiger partial charge in [-0.25, -0.2) is 4.98 Å². The van der Waals surface area contributed by atoms with E-state index in [1.54, 1.807) is 0 Å². The first-order valence-corrected chi connectivity index (χ1v) is 8.99. The van der Waals surface area contributed by atoms with Crippen molar-refractivity contribution >= 4 is 21.6 Å². The van der Waals surface area contributed by atoms with Gasteiger partial charge in [-0.1, -0.05) is 12.1 Å². The molecule has 0 radical (unpaired) electrons. The van der Waals surface area contributed by atoms with Crippen molar-refractivity contribution in [1.82, 2.24) is 15.2 Å². The summed E-state index contributed by atoms with van der Waals surface area (Å²) in [5, 5.41) is 4.91. The largest absolute Gasteiger partial charge is 0.313 e. The quantitative estimate of drug-likeness (QED) is 0.887. The first kappa shape index (κ1) is 13.7. The van der Waals surface area contributed by atoms with Gasteiger partial charge in [0.05, 0.1) is 16.8 Å². The Morgan fingerprint density at radius 1 is 1.19 bits per heavy atom. The van der Waals surface area contributed by atoms with E-state index in [2.05, 4.69) is 34.5 Å². The van der Waals surface area contributed by atoms with E-state index in [4.69, 9.17) is 4.98 Å². The summed E-state index contributed by atoms with van der Waals surface area (Å²) in [5.74, 6) is 0.945. The van der Waals surface area contributed by atoms with Gasteiger partial charge in [-0.2, -0.15) is 0 Å². The Labute approximate surface area is 130 Å². The predicted molar refractivity (Wildman–Crippen MR) is 88.6 cm³/mol. The zero-order valence-electron chi connectivity index (χ0n) is 12.4. The first-order valence-electron chi connectivity index (χ1n) is 8.17. The summed E-state index contributed by atoms with van der Waals surface area (Å²) < 4.78 is 1.32. The van der Waals surface area contributed by atoms with Crippen LogP contribution in [0.5, 0.6) is 0 Å². The Bertz CT molecular complexity index is 566. The standard InChI is InChI=1S/C17H23N3S/c1-2-6-16-15(5-1)19-17(21-16)12-20(10-13-7-8-13)11-14-4-3-9-18-14/h1-2,5-6,13-14,18H,3-4,7-12H2. The molecule has 4 rings (SSSR count). The normalized spacial score (nSPS) is 22.4. The van der Waals surface area contributed by atoms with Gasteiger partial charge in [0.2, 0.25) is 0 Å². The van der Waals surface area contributed by atoms with Crippen molar-refractivity contribution in [2.45, 2.75) is 38.3 Å². The molecule has 1 aromatic carbocycles. The van der Waals surface area contributed by atoms with Gasteiger partial charge >= 0.3 is 0 Å². The number of aromatic nitrogens is 1. The molecule has 2 heterocycles. The number of hydrogen-bond acceptors (Lipinski definition) is 4. The average Bonchev–Trinajstić information content (AvgIpc) is 3.00. The van der Waals surface area contributed by atoms with Crippen LogP contribution in [0.1, 0.15) is 30.7 Å². The third kappa shape index (κ3) is 3.44. The topological polar surface area (TPSA) is 28.2 Å². The van der Waals surface area contributed by atoms with Gasteiger partial charge < -0.3 is 5.32 Å². The Morgan fingerprint density at radius 3 is 2.86 bits per heavy atom. The van der Waals surface area contributed by atoms with Crippen LogP contribution in [0.4, 0.5) is 0 Å². The van der Waals surface area contributed by atoms with Gasteiger partial charge in [0.1, 0.15) is 5.01 Å². The molecular formula is C17H23N3S.